The Hall–Kier alpha value is -7.47. The van der Waals surface area contributed by atoms with Crippen LogP contribution in [0.25, 0.3) is 10.9 Å². The number of benzene rings is 2. The topological polar surface area (TPSA) is 424 Å². The van der Waals surface area contributed by atoms with Gasteiger partial charge in [-0.1, -0.05) is 48.5 Å². The Balaban J connectivity index is 1.88. The second-order valence-corrected chi connectivity index (χ2v) is 20.6. The van der Waals surface area contributed by atoms with Crippen LogP contribution in [0.5, 0.6) is 0 Å². The number of unbranched alkanes of at least 4 members (excludes halogenated alkanes) is 2. The third-order valence-corrected chi connectivity index (χ3v) is 13.7. The molecular formula is C55H85N15O12S2. The molecule has 0 fully saturated rings. The number of nitrogens with one attached hydrogen (secondary N) is 12. The number of carbonyl (C=O) groups excluding carboxylic acids is 10. The molecule has 29 heteroatoms. The predicted octanol–water partition coefficient (Wildman–Crippen LogP) is -3.05. The summed E-state index contributed by atoms with van der Waals surface area (Å²) in [5, 5.41) is 50.6. The van der Waals surface area contributed by atoms with E-state index >= 15 is 0 Å². The number of aliphatic imine (C=N–C) groups is 1. The number of H-pyrrole nitrogens is 1. The number of nitrogens with two attached hydrogens (primary N) is 2. The number of primary amides is 1. The Bertz CT molecular complexity index is 2670. The first-order valence-electron chi connectivity index (χ1n) is 27.9. The lowest BCUT2D eigenvalue weighted by Gasteiger charge is -2.28. The van der Waals surface area contributed by atoms with Crippen LogP contribution < -0.4 is 70.0 Å². The van der Waals surface area contributed by atoms with Gasteiger partial charge in [0.1, 0.15) is 48.3 Å². The molecule has 464 valence electrons. The van der Waals surface area contributed by atoms with Gasteiger partial charge in [0.05, 0.1) is 18.8 Å². The number of amides is 10. The molecule has 3 rings (SSSR count). The van der Waals surface area contributed by atoms with Crippen molar-refractivity contribution in [3.8, 4) is 0 Å². The van der Waals surface area contributed by atoms with Crippen LogP contribution in [0.4, 0.5) is 0 Å². The fraction of sp³-hybridized carbons (Fsp3) is 0.545. The number of aliphatic hydroxyl groups excluding tert-OH is 2. The fourth-order valence-corrected chi connectivity index (χ4v) is 9.08. The lowest BCUT2D eigenvalue weighted by atomic mass is 10.0. The van der Waals surface area contributed by atoms with E-state index in [2.05, 4.69) is 93.7 Å². The van der Waals surface area contributed by atoms with Gasteiger partial charge < -0.3 is 85.1 Å². The Labute approximate surface area is 499 Å². The molecule has 2 aromatic carbocycles. The monoisotopic (exact) mass is 1210 g/mol. The van der Waals surface area contributed by atoms with E-state index in [1.807, 2.05) is 19.9 Å². The van der Waals surface area contributed by atoms with Crippen LogP contribution in [0.2, 0.25) is 0 Å². The van der Waals surface area contributed by atoms with E-state index in [0.717, 1.165) is 0 Å². The zero-order chi connectivity index (χ0) is 62.3. The molecule has 0 saturated heterocycles. The minimum Gasteiger partial charge on any atom is -0.391 e. The molecule has 0 unspecified atom stereocenters. The average Bonchev–Trinajstić information content (AvgIpc) is 4.13. The number of aromatic nitrogens is 1. The molecular weight excluding hydrogens is 1130 g/mol. The van der Waals surface area contributed by atoms with Crippen molar-refractivity contribution in [2.24, 2.45) is 16.5 Å². The number of para-hydroxylation sites is 1. The Kier molecular flexibility index (Phi) is 31.8. The summed E-state index contributed by atoms with van der Waals surface area (Å²) < 4.78 is 0. The van der Waals surface area contributed by atoms with Gasteiger partial charge >= 0.3 is 0 Å². The molecule has 0 saturated carbocycles. The number of hydrogen-bond acceptors (Lipinski definition) is 16. The van der Waals surface area contributed by atoms with Crippen LogP contribution in [0.1, 0.15) is 84.3 Å². The second kappa shape index (κ2) is 37.7. The Morgan fingerprint density at radius 1 is 0.571 bits per heavy atom. The van der Waals surface area contributed by atoms with Crippen molar-refractivity contribution >= 4 is 101 Å². The molecule has 1 aromatic heterocycles. The van der Waals surface area contributed by atoms with Crippen LogP contribution in [-0.2, 0) is 60.8 Å². The van der Waals surface area contributed by atoms with E-state index in [0.29, 0.717) is 66.9 Å². The molecule has 0 aliphatic carbocycles. The van der Waals surface area contributed by atoms with Gasteiger partial charge in [0, 0.05) is 68.0 Å². The quantitative estimate of drug-likeness (QED) is 0.0118. The van der Waals surface area contributed by atoms with Crippen molar-refractivity contribution in [1.82, 2.24) is 63.5 Å². The zero-order valence-corrected chi connectivity index (χ0v) is 49.9. The number of guanidine groups is 1. The number of hydrogen-bond donors (Lipinski definition) is 18. The molecule has 18 N–H and O–H groups in total. The summed E-state index contributed by atoms with van der Waals surface area (Å²) in [6.45, 7) is 9.04. The van der Waals surface area contributed by atoms with Gasteiger partial charge in [-0.3, -0.25) is 52.9 Å². The lowest BCUT2D eigenvalue weighted by Crippen LogP contribution is -2.62. The van der Waals surface area contributed by atoms with Crippen molar-refractivity contribution in [1.29, 1.82) is 0 Å². The van der Waals surface area contributed by atoms with Crippen LogP contribution in [0.15, 0.2) is 65.8 Å². The van der Waals surface area contributed by atoms with Gasteiger partial charge in [0.15, 0.2) is 5.96 Å². The summed E-state index contributed by atoms with van der Waals surface area (Å²) in [4.78, 5) is 143. The molecule has 0 aliphatic heterocycles. The molecule has 0 spiro atoms. The minimum atomic E-state index is -1.72. The summed E-state index contributed by atoms with van der Waals surface area (Å²) in [5.74, 6) is -8.34. The standard InChI is InChI=1S/C55H85N15O12S2/c1-6-58-55(59-7-2)60-24-16-14-22-38(63-33(5)73)48(76)62-28-44(74)64-42(29-83)52(80)66-40(25-34-17-9-8-10-18-34)50(78)67-41(26-35-27-61-37-20-12-11-19-36(35)37)51(79)65-39(21-13-15-23-56)49(77)70-46(32(4)72)54(82)68-43(30-84)53(81)69-45(31(3)71)47(57)75/h8-12,17-20,27,31-32,38-43,45-46,61,71-72,83-84H,6-7,13-16,21-26,28-30,56H2,1-5H3,(H2,57,75)(H,62,76)(H,63,73)(H,64,74)(H,65,79)(H,66,80)(H,67,78)(H,68,82)(H,69,81)(H,70,77)(H2,58,59,60)/t31-,32-,38+,39+,40+,41-,42+,43+,45+,46+/m1/s1. The van der Waals surface area contributed by atoms with E-state index in [-0.39, 0.29) is 50.2 Å². The van der Waals surface area contributed by atoms with E-state index in [1.54, 1.807) is 54.7 Å². The highest BCUT2D eigenvalue weighted by molar-refractivity contribution is 7.80. The van der Waals surface area contributed by atoms with E-state index < -0.39 is 126 Å². The Morgan fingerprint density at radius 2 is 1.07 bits per heavy atom. The normalized spacial score (nSPS) is 14.6. The number of fused-ring (bicyclic) bond motifs is 1. The minimum absolute atomic E-state index is 0.0408. The van der Waals surface area contributed by atoms with Gasteiger partial charge in [0.25, 0.3) is 0 Å². The molecule has 0 bridgehead atoms. The third-order valence-electron chi connectivity index (χ3n) is 13.0. The average molecular weight is 1210 g/mol. The van der Waals surface area contributed by atoms with Crippen LogP contribution in [0.3, 0.4) is 0 Å². The first-order valence-corrected chi connectivity index (χ1v) is 29.2. The summed E-state index contributed by atoms with van der Waals surface area (Å²) in [5.41, 5.74) is 13.0. The van der Waals surface area contributed by atoms with Crippen molar-refractivity contribution in [3.63, 3.8) is 0 Å². The zero-order valence-electron chi connectivity index (χ0n) is 48.1. The third kappa shape index (κ3) is 24.4. The van der Waals surface area contributed by atoms with Gasteiger partial charge in [-0.05, 0) is 90.0 Å². The summed E-state index contributed by atoms with van der Waals surface area (Å²) in [6.07, 6.45) is 0.446. The highest BCUT2D eigenvalue weighted by Gasteiger charge is 2.36. The smallest absolute Gasteiger partial charge is 0.245 e. The van der Waals surface area contributed by atoms with E-state index in [9.17, 15) is 58.2 Å². The van der Waals surface area contributed by atoms with Gasteiger partial charge in [-0.2, -0.15) is 25.3 Å². The first-order chi connectivity index (χ1) is 40.1. The Morgan fingerprint density at radius 3 is 1.64 bits per heavy atom. The van der Waals surface area contributed by atoms with Gasteiger partial charge in [0.2, 0.25) is 59.1 Å². The van der Waals surface area contributed by atoms with Crippen LogP contribution in [-0.4, -0.2) is 185 Å². The molecule has 27 nitrogen and oxygen atoms in total. The molecule has 1 heterocycles. The maximum absolute atomic E-state index is 14.7. The highest BCUT2D eigenvalue weighted by Crippen LogP contribution is 2.20. The number of carbonyl (C=O) groups is 10. The molecule has 0 radical (unpaired) electrons. The maximum atomic E-state index is 14.7. The second-order valence-electron chi connectivity index (χ2n) is 19.9. The SMILES string of the molecule is CCNC(=NCCCC[C@H](NC(C)=O)C(=O)NCC(=O)N[C@@H](CS)C(=O)N[C@@H](Cc1ccccc1)C(=O)N[C@H](Cc1c[nH]c2ccccc12)C(=O)N[C@@H](CCCCN)C(=O)N[C@H](C(=O)N[C@@H](CS)C(=O)N[C@H](C(N)=O)[C@@H](C)O)[C@@H](C)O)NCC. The molecule has 3 aromatic rings. The van der Waals surface area contributed by atoms with Crippen LogP contribution in [0, 0.1) is 0 Å². The van der Waals surface area contributed by atoms with Gasteiger partial charge in [-0.15, -0.1) is 0 Å². The molecule has 84 heavy (non-hydrogen) atoms. The van der Waals surface area contributed by atoms with Gasteiger partial charge in [-0.25, -0.2) is 0 Å². The van der Waals surface area contributed by atoms with Crippen molar-refractivity contribution in [2.75, 3.05) is 44.2 Å². The number of rotatable bonds is 37. The summed E-state index contributed by atoms with van der Waals surface area (Å²) in [6, 6.07) is 4.56. The van der Waals surface area contributed by atoms with Crippen LogP contribution >= 0.6 is 25.3 Å². The highest BCUT2D eigenvalue weighted by atomic mass is 32.1. The number of aromatic amines is 1. The van der Waals surface area contributed by atoms with E-state index in [4.69, 9.17) is 11.5 Å². The summed E-state index contributed by atoms with van der Waals surface area (Å²) in [7, 11) is 0. The fourth-order valence-electron chi connectivity index (χ4n) is 8.57. The number of aliphatic hydroxyl groups is 2. The molecule has 10 atom stereocenters. The first kappa shape index (κ1) is 70.8. The number of nitrogens with zero attached hydrogens (tertiary/aromatic N) is 1. The predicted molar refractivity (Wildman–Crippen MR) is 323 cm³/mol. The van der Waals surface area contributed by atoms with Crippen molar-refractivity contribution in [2.45, 2.75) is 147 Å². The largest absolute Gasteiger partial charge is 0.391 e. The lowest BCUT2D eigenvalue weighted by molar-refractivity contribution is -0.137. The molecule has 10 amide bonds. The molecule has 0 aliphatic rings. The summed E-state index contributed by atoms with van der Waals surface area (Å²) >= 11 is 8.43. The van der Waals surface area contributed by atoms with E-state index in [1.165, 1.54) is 20.8 Å². The number of thiol groups is 2. The van der Waals surface area contributed by atoms with Crippen molar-refractivity contribution in [3.05, 3.63) is 71.9 Å². The maximum Gasteiger partial charge on any atom is 0.245 e. The van der Waals surface area contributed by atoms with Crippen molar-refractivity contribution < 1.29 is 58.2 Å².